The lowest BCUT2D eigenvalue weighted by Crippen LogP contribution is -2.13. The fourth-order valence-corrected chi connectivity index (χ4v) is 2.19. The summed E-state index contributed by atoms with van der Waals surface area (Å²) < 4.78 is 0. The van der Waals surface area contributed by atoms with Crippen LogP contribution in [0.4, 0.5) is 11.4 Å². The van der Waals surface area contributed by atoms with Crippen LogP contribution in [0.15, 0.2) is 53.6 Å². The molecule has 0 unspecified atom stereocenters. The number of carboxylic acid groups (broad SMARTS) is 2. The van der Waals surface area contributed by atoms with E-state index >= 15 is 0 Å². The fraction of sp³-hybridized carbons (Fsp3) is 0. The molecule has 27 heavy (non-hydrogen) atoms. The normalized spacial score (nSPS) is 10.8. The van der Waals surface area contributed by atoms with Crippen LogP contribution in [0.25, 0.3) is 6.08 Å². The first-order chi connectivity index (χ1) is 12.9. The third-order valence-corrected chi connectivity index (χ3v) is 3.38. The molecule has 2 aromatic rings. The molecule has 2 aromatic carbocycles. The van der Waals surface area contributed by atoms with E-state index < -0.39 is 17.8 Å². The number of carbonyl (C=O) groups excluding carboxylic acids is 1. The first-order valence-electron chi connectivity index (χ1n) is 7.58. The summed E-state index contributed by atoms with van der Waals surface area (Å²) in [5, 5.41) is 26.6. The number of carbonyl (C=O) groups is 3. The molecule has 0 aliphatic carbocycles. The average Bonchev–Trinajstić information content (AvgIpc) is 2.65. The second-order valence-corrected chi connectivity index (χ2v) is 5.24. The largest absolute Gasteiger partial charge is 0.478 e. The molecule has 0 spiro atoms. The number of carboxylic acids is 2. The molecule has 9 nitrogen and oxygen atoms in total. The lowest BCUT2D eigenvalue weighted by molar-refractivity contribution is -0.131. The summed E-state index contributed by atoms with van der Waals surface area (Å²) in [6.07, 6.45) is 3.27. The Morgan fingerprint density at radius 3 is 2.48 bits per heavy atom. The highest BCUT2D eigenvalue weighted by Gasteiger charge is 2.12. The number of hydrogen-bond acceptors (Lipinski definition) is 5. The van der Waals surface area contributed by atoms with Crippen LogP contribution < -0.4 is 16.5 Å². The van der Waals surface area contributed by atoms with E-state index in [1.54, 1.807) is 24.3 Å². The number of aliphatic carboxylic acids is 1. The average molecular weight is 368 g/mol. The first kappa shape index (κ1) is 19.2. The summed E-state index contributed by atoms with van der Waals surface area (Å²) in [6.45, 7) is 0. The number of rotatable bonds is 7. The Morgan fingerprint density at radius 2 is 1.81 bits per heavy atom. The SMILES string of the molecule is NN=CNc1cccc(C(=O)Nc2ccc(C=CC(=O)O)c(C(=O)O)c2)c1. The molecule has 6 N–H and O–H groups in total. The van der Waals surface area contributed by atoms with E-state index in [1.807, 2.05) is 0 Å². The zero-order valence-corrected chi connectivity index (χ0v) is 13.9. The van der Waals surface area contributed by atoms with E-state index in [-0.39, 0.29) is 16.8 Å². The van der Waals surface area contributed by atoms with E-state index in [9.17, 15) is 19.5 Å². The molecule has 0 aliphatic heterocycles. The molecule has 138 valence electrons. The third kappa shape index (κ3) is 5.43. The van der Waals surface area contributed by atoms with Crippen molar-refractivity contribution in [1.82, 2.24) is 0 Å². The summed E-state index contributed by atoms with van der Waals surface area (Å²) in [6, 6.07) is 10.7. The predicted molar refractivity (Wildman–Crippen MR) is 101 cm³/mol. The number of hydrazone groups is 1. The maximum Gasteiger partial charge on any atom is 0.336 e. The smallest absolute Gasteiger partial charge is 0.336 e. The minimum atomic E-state index is -1.25. The highest BCUT2D eigenvalue weighted by Crippen LogP contribution is 2.19. The Labute approximate surface area is 153 Å². The third-order valence-electron chi connectivity index (χ3n) is 3.38. The Hall–Kier alpha value is -4.14. The van der Waals surface area contributed by atoms with Gasteiger partial charge in [0.15, 0.2) is 0 Å². The predicted octanol–water partition coefficient (Wildman–Crippen LogP) is 2.05. The molecule has 2 rings (SSSR count). The number of nitrogens with one attached hydrogen (secondary N) is 2. The van der Waals surface area contributed by atoms with Crippen molar-refractivity contribution in [2.45, 2.75) is 0 Å². The number of benzene rings is 2. The second-order valence-electron chi connectivity index (χ2n) is 5.24. The summed E-state index contributed by atoms with van der Waals surface area (Å²) in [4.78, 5) is 34.4. The topological polar surface area (TPSA) is 154 Å². The first-order valence-corrected chi connectivity index (χ1v) is 7.58. The zero-order valence-electron chi connectivity index (χ0n) is 13.9. The number of nitrogens with zero attached hydrogens (tertiary/aromatic N) is 1. The minimum Gasteiger partial charge on any atom is -0.478 e. The van der Waals surface area contributed by atoms with Crippen molar-refractivity contribution in [3.8, 4) is 0 Å². The number of aromatic carboxylic acids is 1. The summed E-state index contributed by atoms with van der Waals surface area (Å²) in [5.74, 6) is 2.11. The summed E-state index contributed by atoms with van der Waals surface area (Å²) >= 11 is 0. The van der Waals surface area contributed by atoms with Gasteiger partial charge < -0.3 is 26.7 Å². The van der Waals surface area contributed by atoms with Gasteiger partial charge in [-0.2, -0.15) is 5.10 Å². The Balaban J connectivity index is 2.24. The van der Waals surface area contributed by atoms with Crippen LogP contribution in [0.3, 0.4) is 0 Å². The van der Waals surface area contributed by atoms with Crippen molar-refractivity contribution >= 4 is 41.6 Å². The van der Waals surface area contributed by atoms with Gasteiger partial charge in [-0.1, -0.05) is 12.1 Å². The van der Waals surface area contributed by atoms with Gasteiger partial charge in [0.05, 0.1) is 5.56 Å². The Morgan fingerprint density at radius 1 is 1.04 bits per heavy atom. The molecule has 0 aliphatic rings. The van der Waals surface area contributed by atoms with Crippen molar-refractivity contribution in [2.75, 3.05) is 10.6 Å². The molecule has 0 aromatic heterocycles. The molecule has 0 heterocycles. The van der Waals surface area contributed by atoms with Gasteiger partial charge in [-0.15, -0.1) is 0 Å². The lowest BCUT2D eigenvalue weighted by atomic mass is 10.1. The van der Waals surface area contributed by atoms with Gasteiger partial charge in [-0.25, -0.2) is 9.59 Å². The number of nitrogens with two attached hydrogens (primary N) is 1. The quantitative estimate of drug-likeness (QED) is 0.165. The van der Waals surface area contributed by atoms with Crippen LogP contribution in [-0.2, 0) is 4.79 Å². The van der Waals surface area contributed by atoms with Crippen LogP contribution in [0.2, 0.25) is 0 Å². The summed E-state index contributed by atoms with van der Waals surface area (Å²) in [7, 11) is 0. The van der Waals surface area contributed by atoms with Gasteiger partial charge in [0.1, 0.15) is 6.34 Å². The lowest BCUT2D eigenvalue weighted by Gasteiger charge is -2.09. The highest BCUT2D eigenvalue weighted by atomic mass is 16.4. The Kier molecular flexibility index (Phi) is 6.26. The Bertz CT molecular complexity index is 937. The number of anilines is 2. The molecule has 0 atom stereocenters. The van der Waals surface area contributed by atoms with Gasteiger partial charge in [0.2, 0.25) is 0 Å². The number of hydrogen-bond donors (Lipinski definition) is 5. The molecular formula is C18H16N4O5. The zero-order chi connectivity index (χ0) is 19.8. The monoisotopic (exact) mass is 368 g/mol. The van der Waals surface area contributed by atoms with E-state index in [1.165, 1.54) is 30.6 Å². The van der Waals surface area contributed by atoms with Gasteiger partial charge >= 0.3 is 11.9 Å². The molecule has 9 heteroatoms. The van der Waals surface area contributed by atoms with Gasteiger partial charge in [-0.3, -0.25) is 4.79 Å². The van der Waals surface area contributed by atoms with E-state index in [2.05, 4.69) is 15.7 Å². The van der Waals surface area contributed by atoms with Crippen molar-refractivity contribution in [3.63, 3.8) is 0 Å². The summed E-state index contributed by atoms with van der Waals surface area (Å²) in [5.41, 5.74) is 1.25. The standard InChI is InChI=1S/C18H16N4O5/c19-21-10-20-13-3-1-2-12(8-13)17(25)22-14-6-4-11(5-7-16(23)24)15(9-14)18(26)27/h1-10H,19H2,(H,20,21)(H,22,25)(H,23,24)(H,26,27). The maximum absolute atomic E-state index is 12.4. The minimum absolute atomic E-state index is 0.139. The van der Waals surface area contributed by atoms with Crippen LogP contribution in [0.1, 0.15) is 26.3 Å². The number of amides is 1. The van der Waals surface area contributed by atoms with Crippen molar-refractivity contribution in [3.05, 3.63) is 65.2 Å². The van der Waals surface area contributed by atoms with Crippen LogP contribution in [0, 0.1) is 0 Å². The van der Waals surface area contributed by atoms with Crippen molar-refractivity contribution in [2.24, 2.45) is 10.9 Å². The highest BCUT2D eigenvalue weighted by molar-refractivity contribution is 6.06. The fourth-order valence-electron chi connectivity index (χ4n) is 2.19. The van der Waals surface area contributed by atoms with Crippen LogP contribution >= 0.6 is 0 Å². The van der Waals surface area contributed by atoms with E-state index in [0.717, 1.165) is 6.08 Å². The van der Waals surface area contributed by atoms with Gasteiger partial charge in [-0.05, 0) is 42.0 Å². The van der Waals surface area contributed by atoms with Crippen molar-refractivity contribution < 1.29 is 24.6 Å². The molecule has 0 fully saturated rings. The molecular weight excluding hydrogens is 352 g/mol. The molecule has 0 saturated carbocycles. The molecule has 0 saturated heterocycles. The molecule has 1 amide bonds. The van der Waals surface area contributed by atoms with Crippen LogP contribution in [0.5, 0.6) is 0 Å². The second kappa shape index (κ2) is 8.81. The van der Waals surface area contributed by atoms with Gasteiger partial charge in [0, 0.05) is 23.0 Å². The molecule has 0 bridgehead atoms. The van der Waals surface area contributed by atoms with E-state index in [0.29, 0.717) is 11.3 Å². The maximum atomic E-state index is 12.4. The van der Waals surface area contributed by atoms with Crippen molar-refractivity contribution in [1.29, 1.82) is 0 Å². The molecule has 0 radical (unpaired) electrons. The van der Waals surface area contributed by atoms with Gasteiger partial charge in [0.25, 0.3) is 5.91 Å². The van der Waals surface area contributed by atoms with Crippen LogP contribution in [-0.4, -0.2) is 34.4 Å². The van der Waals surface area contributed by atoms with E-state index in [4.69, 9.17) is 10.9 Å².